The van der Waals surface area contributed by atoms with E-state index in [1.807, 2.05) is 26.0 Å². The van der Waals surface area contributed by atoms with Crippen molar-refractivity contribution in [2.75, 3.05) is 0 Å². The molecule has 1 aliphatic rings. The Morgan fingerprint density at radius 2 is 2.30 bits per heavy atom. The summed E-state index contributed by atoms with van der Waals surface area (Å²) in [6.45, 7) is 3.78. The molecule has 23 heavy (non-hydrogen) atoms. The van der Waals surface area contributed by atoms with Crippen LogP contribution in [0.15, 0.2) is 18.3 Å². The molecule has 1 aliphatic heterocycles. The van der Waals surface area contributed by atoms with Gasteiger partial charge in [-0.1, -0.05) is 0 Å². The van der Waals surface area contributed by atoms with Crippen molar-refractivity contribution >= 4 is 11.8 Å². The Bertz CT molecular complexity index is 741. The molecule has 0 saturated carbocycles. The van der Waals surface area contributed by atoms with Crippen LogP contribution in [0.3, 0.4) is 0 Å². The number of H-pyrrole nitrogens is 1. The van der Waals surface area contributed by atoms with Crippen LogP contribution in [-0.2, 0) is 9.59 Å². The first-order chi connectivity index (χ1) is 11.0. The Morgan fingerprint density at radius 3 is 3.00 bits per heavy atom. The fourth-order valence-corrected chi connectivity index (χ4v) is 2.43. The van der Waals surface area contributed by atoms with Crippen molar-refractivity contribution in [3.8, 4) is 11.5 Å². The molecule has 3 rings (SSSR count). The lowest BCUT2D eigenvalue weighted by atomic mass is 10.2. The molecule has 3 N–H and O–H groups in total. The Kier molecular flexibility index (Phi) is 4.05. The maximum absolute atomic E-state index is 12.1. The molecule has 2 amide bonds. The number of hydrogen-bond acceptors (Lipinski definition) is 5. The van der Waals surface area contributed by atoms with Crippen LogP contribution >= 0.6 is 0 Å². The number of carbonyl (C=O) groups is 2. The van der Waals surface area contributed by atoms with Gasteiger partial charge in [-0.25, -0.2) is 4.98 Å². The van der Waals surface area contributed by atoms with Gasteiger partial charge in [0.25, 0.3) is 0 Å². The van der Waals surface area contributed by atoms with Crippen LogP contribution in [0.2, 0.25) is 0 Å². The maximum Gasteiger partial charge on any atom is 0.243 e. The summed E-state index contributed by atoms with van der Waals surface area (Å²) in [6, 6.07) is 2.98. The zero-order valence-corrected chi connectivity index (χ0v) is 13.0. The van der Waals surface area contributed by atoms with Crippen LogP contribution in [0, 0.1) is 6.92 Å². The molecule has 3 heterocycles. The van der Waals surface area contributed by atoms with Gasteiger partial charge in [-0.05, 0) is 38.0 Å². The van der Waals surface area contributed by atoms with E-state index in [4.69, 9.17) is 0 Å². The summed E-state index contributed by atoms with van der Waals surface area (Å²) in [5, 5.41) is 12.4. The molecule has 2 aromatic heterocycles. The Balaban J connectivity index is 1.67. The number of nitrogens with one attached hydrogen (secondary N) is 3. The number of hydrogen-bond donors (Lipinski definition) is 3. The summed E-state index contributed by atoms with van der Waals surface area (Å²) in [7, 11) is 0. The first-order valence-electron chi connectivity index (χ1n) is 7.48. The van der Waals surface area contributed by atoms with Gasteiger partial charge < -0.3 is 10.6 Å². The van der Waals surface area contributed by atoms with Crippen LogP contribution in [0.5, 0.6) is 0 Å². The van der Waals surface area contributed by atoms with Crippen molar-refractivity contribution in [1.29, 1.82) is 0 Å². The fraction of sp³-hybridized carbons (Fsp3) is 0.400. The van der Waals surface area contributed by atoms with E-state index in [2.05, 4.69) is 30.8 Å². The van der Waals surface area contributed by atoms with E-state index in [1.165, 1.54) is 0 Å². The third-order valence-electron chi connectivity index (χ3n) is 3.73. The molecule has 1 unspecified atom stereocenters. The summed E-state index contributed by atoms with van der Waals surface area (Å²) in [5.41, 5.74) is 1.74. The predicted octanol–water partition coefficient (Wildman–Crippen LogP) is 0.631. The van der Waals surface area contributed by atoms with Gasteiger partial charge in [-0.2, -0.15) is 5.10 Å². The quantitative estimate of drug-likeness (QED) is 0.766. The smallest absolute Gasteiger partial charge is 0.243 e. The van der Waals surface area contributed by atoms with E-state index < -0.39 is 6.04 Å². The van der Waals surface area contributed by atoms with Crippen molar-refractivity contribution < 1.29 is 9.59 Å². The number of aromatic nitrogens is 4. The van der Waals surface area contributed by atoms with Crippen molar-refractivity contribution in [3.63, 3.8) is 0 Å². The minimum atomic E-state index is -0.467. The van der Waals surface area contributed by atoms with Gasteiger partial charge in [0.1, 0.15) is 17.6 Å². The van der Waals surface area contributed by atoms with Crippen LogP contribution in [0.1, 0.15) is 37.2 Å². The second kappa shape index (κ2) is 6.15. The van der Waals surface area contributed by atoms with E-state index in [1.54, 1.807) is 6.20 Å². The van der Waals surface area contributed by atoms with Crippen molar-refractivity contribution in [3.05, 3.63) is 29.7 Å². The van der Waals surface area contributed by atoms with Crippen LogP contribution in [-0.4, -0.2) is 38.0 Å². The predicted molar refractivity (Wildman–Crippen MR) is 82.1 cm³/mol. The number of carbonyl (C=O) groups excluding carboxylic acids is 2. The van der Waals surface area contributed by atoms with Gasteiger partial charge in [0.2, 0.25) is 11.8 Å². The van der Waals surface area contributed by atoms with E-state index >= 15 is 0 Å². The lowest BCUT2D eigenvalue weighted by Gasteiger charge is -2.14. The average molecular weight is 314 g/mol. The minimum Gasteiger partial charge on any atom is -0.345 e. The molecule has 0 spiro atoms. The molecule has 8 nitrogen and oxygen atoms in total. The molecule has 2 atom stereocenters. The lowest BCUT2D eigenvalue weighted by molar-refractivity contribution is -0.126. The lowest BCUT2D eigenvalue weighted by Crippen LogP contribution is -2.42. The third-order valence-corrected chi connectivity index (χ3v) is 3.73. The molecule has 1 saturated heterocycles. The van der Waals surface area contributed by atoms with E-state index in [-0.39, 0.29) is 17.9 Å². The zero-order valence-electron chi connectivity index (χ0n) is 13.0. The maximum atomic E-state index is 12.1. The van der Waals surface area contributed by atoms with Gasteiger partial charge in [-0.15, -0.1) is 0 Å². The molecule has 120 valence electrons. The topological polar surface area (TPSA) is 113 Å². The number of aryl methyl sites for hydroxylation is 1. The van der Waals surface area contributed by atoms with E-state index in [0.717, 1.165) is 5.56 Å². The highest BCUT2D eigenvalue weighted by Crippen LogP contribution is 2.16. The molecule has 0 aromatic carbocycles. The SMILES string of the molecule is Cc1ccnc(-c2n[nH]c(C(C)NC(=O)[C@H]3CCC(=O)N3)n2)c1. The summed E-state index contributed by atoms with van der Waals surface area (Å²) in [4.78, 5) is 31.9. The van der Waals surface area contributed by atoms with Gasteiger partial charge in [-0.3, -0.25) is 19.7 Å². The first-order valence-corrected chi connectivity index (χ1v) is 7.48. The van der Waals surface area contributed by atoms with Crippen molar-refractivity contribution in [1.82, 2.24) is 30.8 Å². The van der Waals surface area contributed by atoms with E-state index in [9.17, 15) is 9.59 Å². The number of aromatic amines is 1. The van der Waals surface area contributed by atoms with Gasteiger partial charge >= 0.3 is 0 Å². The second-order valence-corrected chi connectivity index (χ2v) is 5.65. The van der Waals surface area contributed by atoms with Gasteiger partial charge in [0, 0.05) is 12.6 Å². The highest BCUT2D eigenvalue weighted by molar-refractivity contribution is 5.90. The van der Waals surface area contributed by atoms with Crippen molar-refractivity contribution in [2.45, 2.75) is 38.8 Å². The normalized spacial score (nSPS) is 18.5. The van der Waals surface area contributed by atoms with Crippen LogP contribution in [0.25, 0.3) is 11.5 Å². The van der Waals surface area contributed by atoms with Gasteiger partial charge in [0.15, 0.2) is 5.82 Å². The molecule has 1 fully saturated rings. The highest BCUT2D eigenvalue weighted by atomic mass is 16.2. The highest BCUT2D eigenvalue weighted by Gasteiger charge is 2.28. The summed E-state index contributed by atoms with van der Waals surface area (Å²) in [5.74, 6) is 0.722. The molecule has 0 aliphatic carbocycles. The molecule has 2 aromatic rings. The van der Waals surface area contributed by atoms with Crippen LogP contribution < -0.4 is 10.6 Å². The first kappa shape index (κ1) is 15.1. The molecule has 0 bridgehead atoms. The van der Waals surface area contributed by atoms with Crippen molar-refractivity contribution in [2.24, 2.45) is 0 Å². The summed E-state index contributed by atoms with van der Waals surface area (Å²) in [6.07, 6.45) is 2.61. The number of rotatable bonds is 4. The Labute approximate surface area is 133 Å². The fourth-order valence-electron chi connectivity index (χ4n) is 2.43. The average Bonchev–Trinajstić information content (AvgIpc) is 3.16. The number of pyridine rings is 1. The summed E-state index contributed by atoms with van der Waals surface area (Å²) >= 11 is 0. The zero-order chi connectivity index (χ0) is 16.4. The second-order valence-electron chi connectivity index (χ2n) is 5.65. The summed E-state index contributed by atoms with van der Waals surface area (Å²) < 4.78 is 0. The number of amides is 2. The molecular weight excluding hydrogens is 296 g/mol. The Hall–Kier alpha value is -2.77. The minimum absolute atomic E-state index is 0.0923. The molecule has 0 radical (unpaired) electrons. The van der Waals surface area contributed by atoms with Crippen LogP contribution in [0.4, 0.5) is 0 Å². The largest absolute Gasteiger partial charge is 0.345 e. The molecule has 8 heteroatoms. The number of nitrogens with zero attached hydrogens (tertiary/aromatic N) is 3. The monoisotopic (exact) mass is 314 g/mol. The third kappa shape index (κ3) is 3.36. The Morgan fingerprint density at radius 1 is 1.48 bits per heavy atom. The van der Waals surface area contributed by atoms with E-state index in [0.29, 0.717) is 30.2 Å². The molecular formula is C15H18N6O2. The van der Waals surface area contributed by atoms with Gasteiger partial charge in [0.05, 0.1) is 6.04 Å². The standard InChI is InChI=1S/C15H18N6O2/c1-8-5-6-16-11(7-8)14-19-13(20-21-14)9(2)17-15(23)10-3-4-12(22)18-10/h5-7,9-10H,3-4H2,1-2H3,(H,17,23)(H,18,22)(H,19,20,21)/t9?,10-/m1/s1.